The molecular weight excluding hydrogens is 412 g/mol. The van der Waals surface area contributed by atoms with Gasteiger partial charge in [-0.3, -0.25) is 0 Å². The van der Waals surface area contributed by atoms with Crippen molar-refractivity contribution in [1.82, 2.24) is 9.97 Å². The number of hydrogen-bond donors (Lipinski definition) is 4. The summed E-state index contributed by atoms with van der Waals surface area (Å²) < 4.78 is 16.1. The molecule has 0 unspecified atom stereocenters. The van der Waals surface area contributed by atoms with Gasteiger partial charge in [0.25, 0.3) is 0 Å². The molecule has 0 aliphatic heterocycles. The van der Waals surface area contributed by atoms with E-state index in [9.17, 15) is 10.2 Å². The predicted molar refractivity (Wildman–Crippen MR) is 120 cm³/mol. The van der Waals surface area contributed by atoms with Gasteiger partial charge in [-0.15, -0.1) is 0 Å². The standard InChI is InChI=1S/C23H24N4O5/c1-30-19-10-17(12-28)14(9-18(19)29)4-5-15-6-13(8-20(31-2)21(15)32-3)7-16-11-26-23(25)27-22(16)24/h6,8-11,28-29H,7,12H2,1-3H3,(H4,24,25,26,27). The molecule has 166 valence electrons. The van der Waals surface area contributed by atoms with E-state index < -0.39 is 0 Å². The predicted octanol–water partition coefficient (Wildman–Crippen LogP) is 1.86. The minimum absolute atomic E-state index is 0.0777. The van der Waals surface area contributed by atoms with Crippen LogP contribution in [0.25, 0.3) is 0 Å². The van der Waals surface area contributed by atoms with Gasteiger partial charge in [-0.05, 0) is 35.4 Å². The number of phenols is 1. The summed E-state index contributed by atoms with van der Waals surface area (Å²) in [6, 6.07) is 6.64. The van der Waals surface area contributed by atoms with Gasteiger partial charge < -0.3 is 35.9 Å². The van der Waals surface area contributed by atoms with Gasteiger partial charge in [-0.2, -0.15) is 4.98 Å². The fraction of sp³-hybridized carbons (Fsp3) is 0.217. The molecule has 0 aliphatic carbocycles. The minimum Gasteiger partial charge on any atom is -0.504 e. The molecule has 1 aromatic heterocycles. The van der Waals surface area contributed by atoms with E-state index in [0.717, 1.165) is 5.56 Å². The monoisotopic (exact) mass is 436 g/mol. The lowest BCUT2D eigenvalue weighted by atomic mass is 10.0. The van der Waals surface area contributed by atoms with Gasteiger partial charge in [-0.1, -0.05) is 11.8 Å². The number of aliphatic hydroxyl groups excluding tert-OH is 1. The van der Waals surface area contributed by atoms with Gasteiger partial charge in [0.1, 0.15) is 5.82 Å². The zero-order valence-corrected chi connectivity index (χ0v) is 18.0. The topological polar surface area (TPSA) is 146 Å². The quantitative estimate of drug-likeness (QED) is 0.425. The maximum absolute atomic E-state index is 10.1. The highest BCUT2D eigenvalue weighted by Gasteiger charge is 2.14. The highest BCUT2D eigenvalue weighted by molar-refractivity contribution is 5.60. The second-order valence-corrected chi connectivity index (χ2v) is 6.78. The molecule has 0 spiro atoms. The summed E-state index contributed by atoms with van der Waals surface area (Å²) in [5.41, 5.74) is 14.6. The van der Waals surface area contributed by atoms with E-state index in [1.54, 1.807) is 6.20 Å². The molecule has 6 N–H and O–H groups in total. The summed E-state index contributed by atoms with van der Waals surface area (Å²) in [5, 5.41) is 19.8. The number of hydrogen-bond acceptors (Lipinski definition) is 9. The average Bonchev–Trinajstić information content (AvgIpc) is 2.79. The number of nitrogens with zero attached hydrogens (tertiary/aromatic N) is 2. The third-order valence-corrected chi connectivity index (χ3v) is 4.76. The van der Waals surface area contributed by atoms with Gasteiger partial charge in [0, 0.05) is 23.7 Å². The first-order valence-electron chi connectivity index (χ1n) is 9.54. The van der Waals surface area contributed by atoms with Crippen LogP contribution in [0.15, 0.2) is 30.5 Å². The minimum atomic E-state index is -0.266. The SMILES string of the molecule is COc1cc(CO)c(C#Cc2cc(Cc3cnc(N)nc3N)cc(OC)c2OC)cc1O. The molecule has 3 rings (SSSR count). The Hall–Kier alpha value is -4.16. The van der Waals surface area contributed by atoms with E-state index in [1.165, 1.54) is 33.5 Å². The molecule has 3 aromatic rings. The largest absolute Gasteiger partial charge is 0.504 e. The van der Waals surface area contributed by atoms with Gasteiger partial charge in [0.05, 0.1) is 33.5 Å². The van der Waals surface area contributed by atoms with Crippen molar-refractivity contribution < 1.29 is 24.4 Å². The number of aromatic nitrogens is 2. The molecular formula is C23H24N4O5. The molecule has 2 aromatic carbocycles. The van der Waals surface area contributed by atoms with Crippen LogP contribution in [0.3, 0.4) is 0 Å². The van der Waals surface area contributed by atoms with E-state index in [1.807, 2.05) is 12.1 Å². The Kier molecular flexibility index (Phi) is 6.87. The van der Waals surface area contributed by atoms with Crippen molar-refractivity contribution in [3.63, 3.8) is 0 Å². The lowest BCUT2D eigenvalue weighted by molar-refractivity contribution is 0.280. The highest BCUT2D eigenvalue weighted by atomic mass is 16.5. The average molecular weight is 436 g/mol. The maximum atomic E-state index is 10.1. The third-order valence-electron chi connectivity index (χ3n) is 4.76. The van der Waals surface area contributed by atoms with Crippen molar-refractivity contribution in [2.75, 3.05) is 32.8 Å². The van der Waals surface area contributed by atoms with E-state index >= 15 is 0 Å². The maximum Gasteiger partial charge on any atom is 0.221 e. The third kappa shape index (κ3) is 4.77. The van der Waals surface area contributed by atoms with Crippen LogP contribution in [0.4, 0.5) is 11.8 Å². The van der Waals surface area contributed by atoms with Crippen LogP contribution in [-0.4, -0.2) is 41.5 Å². The summed E-state index contributed by atoms with van der Waals surface area (Å²) in [5.74, 6) is 7.54. The molecule has 0 bridgehead atoms. The molecule has 0 aliphatic rings. The van der Waals surface area contributed by atoms with Crippen molar-refractivity contribution in [2.24, 2.45) is 0 Å². The van der Waals surface area contributed by atoms with Gasteiger partial charge in [0.15, 0.2) is 23.0 Å². The van der Waals surface area contributed by atoms with Crippen molar-refractivity contribution in [2.45, 2.75) is 13.0 Å². The van der Waals surface area contributed by atoms with Crippen LogP contribution >= 0.6 is 0 Å². The van der Waals surface area contributed by atoms with Crippen molar-refractivity contribution >= 4 is 11.8 Å². The molecule has 9 heteroatoms. The lowest BCUT2D eigenvalue weighted by Crippen LogP contribution is -2.04. The van der Waals surface area contributed by atoms with Crippen LogP contribution < -0.4 is 25.7 Å². The van der Waals surface area contributed by atoms with E-state index in [-0.39, 0.29) is 24.1 Å². The summed E-state index contributed by atoms with van der Waals surface area (Å²) in [6.07, 6.45) is 2.00. The number of aromatic hydroxyl groups is 1. The fourth-order valence-corrected chi connectivity index (χ4v) is 3.16. The number of aliphatic hydroxyl groups is 1. The molecule has 32 heavy (non-hydrogen) atoms. The molecule has 0 saturated carbocycles. The molecule has 0 saturated heterocycles. The Bertz CT molecular complexity index is 1200. The fourth-order valence-electron chi connectivity index (χ4n) is 3.16. The van der Waals surface area contributed by atoms with Crippen molar-refractivity contribution in [3.05, 3.63) is 58.3 Å². The lowest BCUT2D eigenvalue weighted by Gasteiger charge is -2.13. The summed E-state index contributed by atoms with van der Waals surface area (Å²) in [6.45, 7) is -0.266. The molecule has 1 heterocycles. The molecule has 0 radical (unpaired) electrons. The van der Waals surface area contributed by atoms with Crippen LogP contribution in [0.2, 0.25) is 0 Å². The van der Waals surface area contributed by atoms with Gasteiger partial charge in [-0.25, -0.2) is 4.98 Å². The van der Waals surface area contributed by atoms with Crippen molar-refractivity contribution in [3.8, 4) is 34.8 Å². The first-order chi connectivity index (χ1) is 15.4. The normalized spacial score (nSPS) is 10.2. The number of benzene rings is 2. The van der Waals surface area contributed by atoms with Crippen LogP contribution in [0, 0.1) is 11.8 Å². The Labute approximate surface area is 185 Å². The van der Waals surface area contributed by atoms with Crippen LogP contribution in [-0.2, 0) is 13.0 Å². The number of phenolic OH excluding ortho intramolecular Hbond substituents is 1. The number of anilines is 2. The highest BCUT2D eigenvalue weighted by Crippen LogP contribution is 2.34. The van der Waals surface area contributed by atoms with Crippen LogP contribution in [0.5, 0.6) is 23.0 Å². The Morgan fingerprint density at radius 1 is 0.906 bits per heavy atom. The number of rotatable bonds is 6. The number of nitrogens with two attached hydrogens (primary N) is 2. The summed E-state index contributed by atoms with van der Waals surface area (Å²) >= 11 is 0. The Balaban J connectivity index is 2.07. The second kappa shape index (κ2) is 9.76. The summed E-state index contributed by atoms with van der Waals surface area (Å²) in [7, 11) is 4.49. The zero-order valence-electron chi connectivity index (χ0n) is 18.0. The summed E-state index contributed by atoms with van der Waals surface area (Å²) in [4.78, 5) is 7.99. The molecule has 0 atom stereocenters. The number of nitrogen functional groups attached to an aromatic ring is 2. The van der Waals surface area contributed by atoms with E-state index in [4.69, 9.17) is 25.7 Å². The first-order valence-corrected chi connectivity index (χ1v) is 9.54. The smallest absolute Gasteiger partial charge is 0.221 e. The Morgan fingerprint density at radius 3 is 2.25 bits per heavy atom. The second-order valence-electron chi connectivity index (χ2n) is 6.78. The number of methoxy groups -OCH3 is 3. The van der Waals surface area contributed by atoms with Crippen LogP contribution in [0.1, 0.15) is 27.8 Å². The van der Waals surface area contributed by atoms with E-state index in [0.29, 0.717) is 46.0 Å². The van der Waals surface area contributed by atoms with Crippen molar-refractivity contribution in [1.29, 1.82) is 0 Å². The Morgan fingerprint density at radius 2 is 1.62 bits per heavy atom. The molecule has 0 fully saturated rings. The first kappa shape index (κ1) is 22.5. The number of ether oxygens (including phenoxy) is 3. The molecule has 9 nitrogen and oxygen atoms in total. The van der Waals surface area contributed by atoms with Gasteiger partial charge >= 0.3 is 0 Å². The molecule has 0 amide bonds. The zero-order chi connectivity index (χ0) is 23.3. The van der Waals surface area contributed by atoms with E-state index in [2.05, 4.69) is 21.8 Å². The van der Waals surface area contributed by atoms with Gasteiger partial charge in [0.2, 0.25) is 5.95 Å².